The summed E-state index contributed by atoms with van der Waals surface area (Å²) in [6, 6.07) is 7.29. The van der Waals surface area contributed by atoms with Crippen molar-refractivity contribution in [3.8, 4) is 11.1 Å². The third-order valence-electron chi connectivity index (χ3n) is 5.53. The quantitative estimate of drug-likeness (QED) is 0.621. The van der Waals surface area contributed by atoms with Gasteiger partial charge in [0.15, 0.2) is 5.65 Å². The Kier molecular flexibility index (Phi) is 6.24. The lowest BCUT2D eigenvalue weighted by Gasteiger charge is -2.32. The van der Waals surface area contributed by atoms with Crippen molar-refractivity contribution >= 4 is 46.0 Å². The Morgan fingerprint density at radius 3 is 2.40 bits per heavy atom. The number of aromatic nitrogens is 3. The molecule has 0 aliphatic carbocycles. The molecule has 4 N–H and O–H groups in total. The van der Waals surface area contributed by atoms with E-state index in [1.165, 1.54) is 0 Å². The van der Waals surface area contributed by atoms with Gasteiger partial charge < -0.3 is 21.3 Å². The van der Waals surface area contributed by atoms with Crippen molar-refractivity contribution in [2.75, 3.05) is 51.2 Å². The standard InChI is InChI=1S/C21H25Cl2N7/c1-29-8-10-30(11-9-29)7-3-6-17-13-12-14(18-15(22)4-2-5-16(18)23)19(24)27-20(13)28-21(25)26-17/h2,4-5,12H,3,6-11H2,1H3,(H4,24,25,26,27,28). The fraction of sp³-hybridized carbons (Fsp3) is 0.381. The third kappa shape index (κ3) is 4.44. The second kappa shape index (κ2) is 8.89. The second-order valence-electron chi connectivity index (χ2n) is 7.67. The number of pyridine rings is 1. The number of nitrogens with two attached hydrogens (primary N) is 2. The predicted octanol–water partition coefficient (Wildman–Crippen LogP) is 3.34. The van der Waals surface area contributed by atoms with Crippen LogP contribution in [0.25, 0.3) is 22.2 Å². The van der Waals surface area contributed by atoms with E-state index < -0.39 is 0 Å². The van der Waals surface area contributed by atoms with Gasteiger partial charge in [0.1, 0.15) is 5.82 Å². The van der Waals surface area contributed by atoms with Crippen molar-refractivity contribution in [2.24, 2.45) is 0 Å². The Morgan fingerprint density at radius 1 is 1.00 bits per heavy atom. The molecule has 1 fully saturated rings. The minimum atomic E-state index is 0.201. The molecule has 158 valence electrons. The largest absolute Gasteiger partial charge is 0.383 e. The summed E-state index contributed by atoms with van der Waals surface area (Å²) >= 11 is 12.8. The first-order valence-electron chi connectivity index (χ1n) is 10.0. The van der Waals surface area contributed by atoms with Gasteiger partial charge in [0.2, 0.25) is 5.95 Å². The zero-order valence-corrected chi connectivity index (χ0v) is 18.4. The summed E-state index contributed by atoms with van der Waals surface area (Å²) in [7, 11) is 2.16. The molecule has 0 radical (unpaired) electrons. The van der Waals surface area contributed by atoms with Gasteiger partial charge in [0.05, 0.1) is 15.7 Å². The normalized spacial score (nSPS) is 15.7. The molecule has 0 saturated carbocycles. The first-order chi connectivity index (χ1) is 14.4. The van der Waals surface area contributed by atoms with Gasteiger partial charge in [0.25, 0.3) is 0 Å². The van der Waals surface area contributed by atoms with E-state index in [1.807, 2.05) is 6.07 Å². The molecule has 7 nitrogen and oxygen atoms in total. The molecule has 9 heteroatoms. The Balaban J connectivity index is 1.64. The van der Waals surface area contributed by atoms with Gasteiger partial charge >= 0.3 is 0 Å². The van der Waals surface area contributed by atoms with Crippen LogP contribution in [-0.4, -0.2) is 64.5 Å². The molecule has 30 heavy (non-hydrogen) atoms. The van der Waals surface area contributed by atoms with Crippen LogP contribution in [0.15, 0.2) is 24.3 Å². The summed E-state index contributed by atoms with van der Waals surface area (Å²) < 4.78 is 0. The molecule has 0 spiro atoms. The average molecular weight is 446 g/mol. The van der Waals surface area contributed by atoms with Crippen molar-refractivity contribution in [2.45, 2.75) is 12.8 Å². The number of piperazine rings is 1. The highest BCUT2D eigenvalue weighted by molar-refractivity contribution is 6.39. The highest BCUT2D eigenvalue weighted by Crippen LogP contribution is 2.38. The topological polar surface area (TPSA) is 97.2 Å². The van der Waals surface area contributed by atoms with Gasteiger partial charge in [-0.05, 0) is 44.6 Å². The molecule has 1 saturated heterocycles. The summed E-state index contributed by atoms with van der Waals surface area (Å²) in [5.74, 6) is 0.506. The number of fused-ring (bicyclic) bond motifs is 1. The van der Waals surface area contributed by atoms with E-state index in [4.69, 9.17) is 34.7 Å². The smallest absolute Gasteiger partial charge is 0.222 e. The summed E-state index contributed by atoms with van der Waals surface area (Å²) in [6.07, 6.45) is 1.75. The minimum absolute atomic E-state index is 0.201. The second-order valence-corrected chi connectivity index (χ2v) is 8.48. The number of benzene rings is 1. The number of likely N-dealkylation sites (N-methyl/N-ethyl adjacent to an activating group) is 1. The minimum Gasteiger partial charge on any atom is -0.383 e. The first-order valence-corrected chi connectivity index (χ1v) is 10.8. The van der Waals surface area contributed by atoms with Crippen molar-refractivity contribution < 1.29 is 0 Å². The summed E-state index contributed by atoms with van der Waals surface area (Å²) in [5.41, 5.74) is 14.9. The number of nitrogens with zero attached hydrogens (tertiary/aromatic N) is 5. The molecule has 2 aromatic heterocycles. The van der Waals surface area contributed by atoms with Gasteiger partial charge in [-0.3, -0.25) is 0 Å². The number of nitrogen functional groups attached to an aromatic ring is 2. The van der Waals surface area contributed by atoms with Crippen LogP contribution in [0.5, 0.6) is 0 Å². The molecule has 4 rings (SSSR count). The molecular weight excluding hydrogens is 421 g/mol. The third-order valence-corrected chi connectivity index (χ3v) is 6.16. The summed E-state index contributed by atoms with van der Waals surface area (Å²) in [4.78, 5) is 18.1. The van der Waals surface area contributed by atoms with Gasteiger partial charge in [-0.15, -0.1) is 0 Å². The van der Waals surface area contributed by atoms with E-state index in [0.29, 0.717) is 32.6 Å². The molecule has 1 aliphatic heterocycles. The number of hydrogen-bond acceptors (Lipinski definition) is 7. The van der Waals surface area contributed by atoms with Crippen molar-refractivity contribution in [3.05, 3.63) is 40.0 Å². The zero-order chi connectivity index (χ0) is 21.3. The van der Waals surface area contributed by atoms with Crippen molar-refractivity contribution in [1.82, 2.24) is 24.8 Å². The Hall–Kier alpha value is -2.19. The van der Waals surface area contributed by atoms with E-state index in [-0.39, 0.29) is 5.95 Å². The highest BCUT2D eigenvalue weighted by atomic mass is 35.5. The van der Waals surface area contributed by atoms with Crippen LogP contribution in [0, 0.1) is 0 Å². The fourth-order valence-corrected chi connectivity index (χ4v) is 4.44. The molecule has 1 aliphatic rings. The monoisotopic (exact) mass is 445 g/mol. The van der Waals surface area contributed by atoms with Crippen LogP contribution in [0.2, 0.25) is 10.0 Å². The highest BCUT2D eigenvalue weighted by Gasteiger charge is 2.18. The molecule has 0 bridgehead atoms. The molecule has 0 unspecified atom stereocenters. The van der Waals surface area contributed by atoms with Gasteiger partial charge in [0, 0.05) is 42.7 Å². The first kappa shape index (κ1) is 21.1. The SMILES string of the molecule is CN1CCN(CCCc2nc(N)nc3nc(N)c(-c4c(Cl)cccc4Cl)cc23)CC1. The number of halogens is 2. The Bertz CT molecular complexity index is 1040. The van der Waals surface area contributed by atoms with E-state index in [9.17, 15) is 0 Å². The van der Waals surface area contributed by atoms with E-state index in [0.717, 1.165) is 56.6 Å². The number of aryl methyl sites for hydroxylation is 1. The fourth-order valence-electron chi connectivity index (χ4n) is 3.83. The summed E-state index contributed by atoms with van der Waals surface area (Å²) in [6.45, 7) is 5.42. The molecular formula is C21H25Cl2N7. The predicted molar refractivity (Wildman–Crippen MR) is 124 cm³/mol. The van der Waals surface area contributed by atoms with Gasteiger partial charge in [-0.2, -0.15) is 4.98 Å². The Labute approximate surface area is 186 Å². The van der Waals surface area contributed by atoms with E-state index in [2.05, 4.69) is 31.8 Å². The maximum absolute atomic E-state index is 6.40. The van der Waals surface area contributed by atoms with Crippen LogP contribution in [0.4, 0.5) is 11.8 Å². The average Bonchev–Trinajstić information content (AvgIpc) is 2.70. The van der Waals surface area contributed by atoms with Crippen LogP contribution >= 0.6 is 23.2 Å². The van der Waals surface area contributed by atoms with Crippen molar-refractivity contribution in [1.29, 1.82) is 0 Å². The Morgan fingerprint density at radius 2 is 1.70 bits per heavy atom. The van der Waals surface area contributed by atoms with Gasteiger partial charge in [-0.1, -0.05) is 29.3 Å². The van der Waals surface area contributed by atoms with E-state index >= 15 is 0 Å². The molecule has 3 aromatic rings. The lowest BCUT2D eigenvalue weighted by atomic mass is 10.0. The molecule has 1 aromatic carbocycles. The number of anilines is 2. The lowest BCUT2D eigenvalue weighted by molar-refractivity contribution is 0.153. The van der Waals surface area contributed by atoms with Crippen molar-refractivity contribution in [3.63, 3.8) is 0 Å². The van der Waals surface area contributed by atoms with Crippen LogP contribution in [0.1, 0.15) is 12.1 Å². The lowest BCUT2D eigenvalue weighted by Crippen LogP contribution is -2.44. The van der Waals surface area contributed by atoms with Gasteiger partial charge in [-0.25, -0.2) is 9.97 Å². The van der Waals surface area contributed by atoms with Crippen LogP contribution in [0.3, 0.4) is 0 Å². The van der Waals surface area contributed by atoms with Crippen LogP contribution in [-0.2, 0) is 6.42 Å². The van der Waals surface area contributed by atoms with E-state index in [1.54, 1.807) is 18.2 Å². The summed E-state index contributed by atoms with van der Waals surface area (Å²) in [5, 5.41) is 1.86. The van der Waals surface area contributed by atoms with Crippen LogP contribution < -0.4 is 11.5 Å². The molecule has 0 amide bonds. The maximum atomic E-state index is 6.40. The molecule has 0 atom stereocenters. The zero-order valence-electron chi connectivity index (χ0n) is 16.9. The number of rotatable bonds is 5. The maximum Gasteiger partial charge on any atom is 0.222 e. The number of hydrogen-bond donors (Lipinski definition) is 2. The molecule has 3 heterocycles.